The quantitative estimate of drug-likeness (QED) is 0.0592. The lowest BCUT2D eigenvalue weighted by Crippen LogP contribution is -2.71. The van der Waals surface area contributed by atoms with Crippen molar-refractivity contribution >= 4 is 75.3 Å². The Morgan fingerprint density at radius 3 is 2.74 bits per heavy atom. The molecule has 1 fully saturated rings. The van der Waals surface area contributed by atoms with Gasteiger partial charge < -0.3 is 36.6 Å². The molecule has 0 saturated carbocycles. The van der Waals surface area contributed by atoms with Crippen LogP contribution in [0.25, 0.3) is 0 Å². The van der Waals surface area contributed by atoms with E-state index in [1.165, 1.54) is 27.9 Å². The maximum Gasteiger partial charge on any atom is 0.361 e. The van der Waals surface area contributed by atoms with Crippen LogP contribution in [0.1, 0.15) is 23.0 Å². The number of anilines is 2. The number of nitrogens with one attached hydrogen (secondary N) is 1. The molecule has 18 heteroatoms. The van der Waals surface area contributed by atoms with Crippen LogP contribution in [-0.2, 0) is 26.3 Å². The van der Waals surface area contributed by atoms with E-state index < -0.39 is 35.2 Å². The molecule has 4 heterocycles. The van der Waals surface area contributed by atoms with Gasteiger partial charge in [-0.2, -0.15) is 0 Å². The van der Waals surface area contributed by atoms with Crippen LogP contribution in [0.4, 0.5) is 10.9 Å². The Labute approximate surface area is 233 Å². The predicted molar refractivity (Wildman–Crippen MR) is 139 cm³/mol. The Morgan fingerprint density at radius 1 is 1.38 bits per heavy atom. The summed E-state index contributed by atoms with van der Waals surface area (Å²) in [6, 6.07) is -1.02. The zero-order chi connectivity index (χ0) is 28.4. The number of hydrogen-bond acceptors (Lipinski definition) is 14. The summed E-state index contributed by atoms with van der Waals surface area (Å²) >= 11 is 3.49. The average Bonchev–Trinajstić information content (AvgIpc) is 3.32. The summed E-state index contributed by atoms with van der Waals surface area (Å²) < 4.78 is 1.46. The number of rotatable bonds is 10. The molecule has 2 atom stereocenters. The zero-order valence-corrected chi connectivity index (χ0v) is 22.9. The standard InChI is InChI=1S/C21H22N8O7S3/c1-3-36-27-11(10-7-38-20(23)24-10)15(30)25-12-16(31)29-13(19(34)35)8(5-37-17(12)29)6-39-21-26-14(22)9(18(32)33)4-28(21)2/h4,7,12,17,22H,3,5-6H2,1-2H3,(H5,23,24,25,30,32,33,34,35)/b27-11-/t12?,17-/m1/s1. The molecular formula is C21H22N8O7S3. The number of nitrogens with two attached hydrogens (primary N) is 2. The van der Waals surface area contributed by atoms with Gasteiger partial charge in [0.2, 0.25) is 0 Å². The molecule has 206 valence electrons. The molecule has 39 heavy (non-hydrogen) atoms. The highest BCUT2D eigenvalue weighted by atomic mass is 32.2. The number of amides is 2. The topological polar surface area (TPSA) is 230 Å². The molecular weight excluding hydrogens is 572 g/mol. The summed E-state index contributed by atoms with van der Waals surface area (Å²) in [5.41, 5.74) is 11.4. The molecule has 2 amide bonds. The van der Waals surface area contributed by atoms with Crippen molar-refractivity contribution in [2.75, 3.05) is 29.6 Å². The summed E-state index contributed by atoms with van der Waals surface area (Å²) in [5, 5.41) is 29.0. The van der Waals surface area contributed by atoms with Crippen LogP contribution in [0, 0.1) is 0 Å². The molecule has 0 bridgehead atoms. The minimum absolute atomic E-state index is 0.118. The van der Waals surface area contributed by atoms with E-state index >= 15 is 0 Å². The lowest BCUT2D eigenvalue weighted by Gasteiger charge is -2.50. The molecule has 0 spiro atoms. The molecule has 1 saturated heterocycles. The van der Waals surface area contributed by atoms with Crippen molar-refractivity contribution in [3.05, 3.63) is 34.1 Å². The Kier molecular flexibility index (Phi) is 8.26. The molecule has 6 N–H and O–H groups in total. The summed E-state index contributed by atoms with van der Waals surface area (Å²) in [6.07, 6.45) is 1.31. The van der Waals surface area contributed by atoms with Crippen LogP contribution >= 0.6 is 34.9 Å². The molecule has 2 aliphatic rings. The molecule has 2 aliphatic heterocycles. The number of β-lactam (4-membered cyclic amide) rings is 1. The smallest absolute Gasteiger partial charge is 0.361 e. The van der Waals surface area contributed by atoms with Crippen LogP contribution < -0.4 is 26.5 Å². The van der Waals surface area contributed by atoms with Crippen molar-refractivity contribution < 1.29 is 38.8 Å². The van der Waals surface area contributed by atoms with E-state index in [1.54, 1.807) is 14.0 Å². The highest BCUT2D eigenvalue weighted by molar-refractivity contribution is 8.01. The molecule has 0 aromatic carbocycles. The van der Waals surface area contributed by atoms with Gasteiger partial charge in [0, 0.05) is 16.9 Å². The van der Waals surface area contributed by atoms with Crippen LogP contribution in [0.15, 0.2) is 33.2 Å². The Morgan fingerprint density at radius 2 is 2.13 bits per heavy atom. The monoisotopic (exact) mass is 594 g/mol. The number of carboxylic acid groups (broad SMARTS) is 2. The van der Waals surface area contributed by atoms with E-state index in [9.17, 15) is 29.4 Å². The van der Waals surface area contributed by atoms with E-state index in [0.29, 0.717) is 10.7 Å². The minimum atomic E-state index is -1.54. The summed E-state index contributed by atoms with van der Waals surface area (Å²) in [6.45, 7) is 1.87. The number of aromatic carboxylic acids is 1. The molecule has 2 aromatic heterocycles. The van der Waals surface area contributed by atoms with Crippen molar-refractivity contribution in [2.24, 2.45) is 12.2 Å². The fourth-order valence-electron chi connectivity index (χ4n) is 3.73. The number of fused-ring (bicyclic) bond motifs is 1. The first-order chi connectivity index (χ1) is 18.5. The van der Waals surface area contributed by atoms with Gasteiger partial charge >= 0.3 is 11.1 Å². The number of thioether (sulfide) groups is 2. The van der Waals surface area contributed by atoms with Crippen molar-refractivity contribution in [1.82, 2.24) is 20.2 Å². The highest BCUT2D eigenvalue weighted by Crippen LogP contribution is 2.41. The first-order valence-electron chi connectivity index (χ1n) is 11.2. The molecule has 4 rings (SSSR count). The number of aliphatic carboxylic acids is 1. The van der Waals surface area contributed by atoms with E-state index in [4.69, 9.17) is 16.3 Å². The van der Waals surface area contributed by atoms with E-state index in [0.717, 1.165) is 28.0 Å². The minimum Gasteiger partial charge on any atom is -0.543 e. The van der Waals surface area contributed by atoms with Gasteiger partial charge in [0.05, 0.1) is 18.7 Å². The normalized spacial score (nSPS) is 18.9. The maximum absolute atomic E-state index is 13.0. The number of carbonyl (C=O) groups is 4. The van der Waals surface area contributed by atoms with Crippen LogP contribution in [0.3, 0.4) is 0 Å². The van der Waals surface area contributed by atoms with Gasteiger partial charge in [0.1, 0.15) is 29.9 Å². The van der Waals surface area contributed by atoms with E-state index in [1.807, 2.05) is 0 Å². The van der Waals surface area contributed by atoms with Crippen LogP contribution in [0.5, 0.6) is 0 Å². The molecule has 0 radical (unpaired) electrons. The third-order valence-electron chi connectivity index (χ3n) is 5.51. The Bertz CT molecular complexity index is 1430. The first-order valence-corrected chi connectivity index (χ1v) is 14.1. The summed E-state index contributed by atoms with van der Waals surface area (Å²) in [5.74, 6) is -3.96. The first kappa shape index (κ1) is 28.1. The molecule has 0 aliphatic carbocycles. The number of aryl methyl sites for hydroxylation is 1. The van der Waals surface area contributed by atoms with Gasteiger partial charge in [-0.15, -0.1) is 23.1 Å². The number of thiazole rings is 1. The van der Waals surface area contributed by atoms with Crippen molar-refractivity contribution in [1.29, 1.82) is 0 Å². The van der Waals surface area contributed by atoms with Gasteiger partial charge in [-0.3, -0.25) is 14.5 Å². The summed E-state index contributed by atoms with van der Waals surface area (Å²) in [4.78, 5) is 63.5. The molecule has 15 nitrogen and oxygen atoms in total. The van der Waals surface area contributed by atoms with E-state index in [-0.39, 0.29) is 51.7 Å². The van der Waals surface area contributed by atoms with Gasteiger partial charge in [-0.1, -0.05) is 5.16 Å². The van der Waals surface area contributed by atoms with Crippen molar-refractivity contribution in [3.8, 4) is 0 Å². The zero-order valence-electron chi connectivity index (χ0n) is 20.4. The van der Waals surface area contributed by atoms with Crippen molar-refractivity contribution in [3.63, 3.8) is 0 Å². The number of carboxylic acids is 2. The third-order valence-corrected chi connectivity index (χ3v) is 8.66. The highest BCUT2D eigenvalue weighted by Gasteiger charge is 2.53. The third kappa shape index (κ3) is 5.62. The number of nitrogen functional groups attached to an aromatic ring is 2. The lowest BCUT2D eigenvalue weighted by molar-refractivity contribution is -0.713. The number of aromatic nitrogens is 3. The fraction of sp³-hybridized carbons (Fsp3) is 0.333. The van der Waals surface area contributed by atoms with Gasteiger partial charge in [-0.05, 0) is 29.2 Å². The second-order valence-corrected chi connectivity index (χ2v) is 11.0. The van der Waals surface area contributed by atoms with Crippen LogP contribution in [-0.4, -0.2) is 79.0 Å². The fourth-order valence-corrected chi connectivity index (χ4v) is 6.71. The Balaban J connectivity index is 1.50. The second kappa shape index (κ2) is 11.5. The van der Waals surface area contributed by atoms with Crippen molar-refractivity contribution in [2.45, 2.75) is 23.5 Å². The largest absolute Gasteiger partial charge is 0.543 e. The number of hydrogen-bond donors (Lipinski definition) is 4. The summed E-state index contributed by atoms with van der Waals surface area (Å²) in [7, 11) is 1.58. The van der Waals surface area contributed by atoms with Gasteiger partial charge in [0.15, 0.2) is 16.4 Å². The van der Waals surface area contributed by atoms with Gasteiger partial charge in [0.25, 0.3) is 17.6 Å². The van der Waals surface area contributed by atoms with E-state index in [2.05, 4.69) is 20.4 Å². The maximum atomic E-state index is 13.0. The second-order valence-electron chi connectivity index (χ2n) is 8.06. The molecule has 2 aromatic rings. The predicted octanol–water partition coefficient (Wildman–Crippen LogP) is -1.84. The average molecular weight is 595 g/mol. The van der Waals surface area contributed by atoms with Crippen LogP contribution in [0.2, 0.25) is 0 Å². The SMILES string of the molecule is CCO/N=C(\C(=O)NC1C(=O)N2C(C(=O)[O-])=C(CSc3nc(N)c(C(=O)O)c[n+]3C)CS[C@H]12)c1csc(N)n1. The number of oxime groups is 1. The molecule has 1 unspecified atom stereocenters. The lowest BCUT2D eigenvalue weighted by atomic mass is 10.0. The van der Waals surface area contributed by atoms with Gasteiger partial charge in [-0.25, -0.2) is 14.3 Å². The number of nitrogens with zero attached hydrogens (tertiary/aromatic N) is 5. The number of carbonyl (C=O) groups excluding carboxylic acids is 3. The Hall–Kier alpha value is -3.90.